The molecule has 0 atom stereocenters. The zero-order chi connectivity index (χ0) is 16.2. The molecule has 0 fully saturated rings. The van der Waals surface area contributed by atoms with Gasteiger partial charge in [0.1, 0.15) is 12.4 Å². The second-order valence-electron chi connectivity index (χ2n) is 4.99. The third-order valence-corrected chi connectivity index (χ3v) is 3.50. The molecule has 2 heterocycles. The fraction of sp³-hybridized carbons (Fsp3) is 0.118. The highest BCUT2D eigenvalue weighted by Crippen LogP contribution is 2.27. The van der Waals surface area contributed by atoms with Crippen molar-refractivity contribution in [2.24, 2.45) is 5.73 Å². The maximum Gasteiger partial charge on any atom is 0.128 e. The summed E-state index contributed by atoms with van der Waals surface area (Å²) in [5, 5.41) is 13.1. The van der Waals surface area contributed by atoms with Gasteiger partial charge in [-0.25, -0.2) is 4.39 Å². The fourth-order valence-electron chi connectivity index (χ4n) is 2.33. The minimum atomic E-state index is -0.289. The van der Waals surface area contributed by atoms with E-state index >= 15 is 0 Å². The summed E-state index contributed by atoms with van der Waals surface area (Å²) in [6.45, 7) is 0.519. The van der Waals surface area contributed by atoms with Crippen LogP contribution in [0.5, 0.6) is 0 Å². The largest absolute Gasteiger partial charge is 0.326 e. The van der Waals surface area contributed by atoms with Gasteiger partial charge in [0, 0.05) is 30.1 Å². The highest BCUT2D eigenvalue weighted by molar-refractivity contribution is 5.70. The minimum Gasteiger partial charge on any atom is -0.326 e. The average Bonchev–Trinajstić information content (AvgIpc) is 3.04. The van der Waals surface area contributed by atoms with Gasteiger partial charge in [-0.15, -0.1) is 0 Å². The molecule has 1 aromatic carbocycles. The first-order valence-corrected chi connectivity index (χ1v) is 7.07. The Bertz CT molecular complexity index is 861. The second-order valence-corrected chi connectivity index (χ2v) is 4.99. The summed E-state index contributed by atoms with van der Waals surface area (Å²) in [4.78, 5) is 4.39. The molecule has 0 amide bonds. The lowest BCUT2D eigenvalue weighted by atomic mass is 10.0. The molecule has 0 aliphatic carbocycles. The van der Waals surface area contributed by atoms with Crippen LogP contribution in [0.2, 0.25) is 0 Å². The Morgan fingerprint density at radius 2 is 1.96 bits per heavy atom. The first-order valence-electron chi connectivity index (χ1n) is 7.07. The molecule has 0 saturated carbocycles. The molecule has 0 radical (unpaired) electrons. The topological polar surface area (TPSA) is 80.5 Å². The van der Waals surface area contributed by atoms with Crippen molar-refractivity contribution in [2.75, 3.05) is 0 Å². The second kappa shape index (κ2) is 6.38. The third kappa shape index (κ3) is 3.10. The van der Waals surface area contributed by atoms with E-state index in [0.29, 0.717) is 12.2 Å². The molecule has 114 valence electrons. The number of hydrogen-bond acceptors (Lipinski definition) is 4. The van der Waals surface area contributed by atoms with Crippen molar-refractivity contribution < 1.29 is 4.39 Å². The van der Waals surface area contributed by atoms with Crippen LogP contribution in [0.3, 0.4) is 0 Å². The first kappa shape index (κ1) is 14.9. The molecular formula is C17H14FN5. The van der Waals surface area contributed by atoms with Gasteiger partial charge in [0.05, 0.1) is 17.5 Å². The molecule has 2 aromatic heterocycles. The Kier molecular flexibility index (Phi) is 4.13. The summed E-state index contributed by atoms with van der Waals surface area (Å²) in [5.41, 5.74) is 9.76. The standard InChI is InChI=1S/C17H14FN5/c18-14-3-1-12(2-4-14)17-9-15(13(10-20)11-21-17)16-5-7-23(22-16)8-6-19/h1-5,7,9,11H,8,10,20H2. The van der Waals surface area contributed by atoms with Crippen LogP contribution in [-0.2, 0) is 13.1 Å². The lowest BCUT2D eigenvalue weighted by molar-refractivity contribution is 0.628. The molecule has 3 aromatic rings. The van der Waals surface area contributed by atoms with E-state index in [1.165, 1.54) is 12.1 Å². The summed E-state index contributed by atoms with van der Waals surface area (Å²) < 4.78 is 14.6. The number of hydrogen-bond donors (Lipinski definition) is 1. The monoisotopic (exact) mass is 307 g/mol. The van der Waals surface area contributed by atoms with Crippen molar-refractivity contribution in [3.8, 4) is 28.6 Å². The van der Waals surface area contributed by atoms with Crippen molar-refractivity contribution >= 4 is 0 Å². The molecular weight excluding hydrogens is 293 g/mol. The van der Waals surface area contributed by atoms with Crippen LogP contribution < -0.4 is 5.73 Å². The van der Waals surface area contributed by atoms with Crippen LogP contribution >= 0.6 is 0 Å². The molecule has 6 heteroatoms. The van der Waals surface area contributed by atoms with Crippen LogP contribution in [0.25, 0.3) is 22.5 Å². The zero-order valence-electron chi connectivity index (χ0n) is 12.3. The molecule has 2 N–H and O–H groups in total. The number of nitriles is 1. The van der Waals surface area contributed by atoms with Gasteiger partial charge in [-0.1, -0.05) is 0 Å². The number of halogens is 1. The van der Waals surface area contributed by atoms with Crippen LogP contribution in [0.1, 0.15) is 5.56 Å². The smallest absolute Gasteiger partial charge is 0.128 e. The molecule has 0 aliphatic rings. The van der Waals surface area contributed by atoms with Crippen LogP contribution in [-0.4, -0.2) is 14.8 Å². The predicted molar refractivity (Wildman–Crippen MR) is 84.4 cm³/mol. The van der Waals surface area contributed by atoms with Gasteiger partial charge in [-0.3, -0.25) is 9.67 Å². The van der Waals surface area contributed by atoms with Crippen molar-refractivity contribution in [1.82, 2.24) is 14.8 Å². The normalized spacial score (nSPS) is 10.5. The van der Waals surface area contributed by atoms with Gasteiger partial charge >= 0.3 is 0 Å². The van der Waals surface area contributed by atoms with E-state index in [-0.39, 0.29) is 12.4 Å². The molecule has 5 nitrogen and oxygen atoms in total. The quantitative estimate of drug-likeness (QED) is 0.803. The number of pyridine rings is 1. The maximum atomic E-state index is 13.1. The van der Waals surface area contributed by atoms with Gasteiger partial charge in [0.15, 0.2) is 0 Å². The minimum absolute atomic E-state index is 0.188. The van der Waals surface area contributed by atoms with Gasteiger partial charge < -0.3 is 5.73 Å². The van der Waals surface area contributed by atoms with E-state index in [1.807, 2.05) is 18.2 Å². The van der Waals surface area contributed by atoms with Gasteiger partial charge in [-0.2, -0.15) is 10.4 Å². The number of nitrogens with zero attached hydrogens (tertiary/aromatic N) is 4. The number of aromatic nitrogens is 3. The molecule has 3 rings (SSSR count). The summed E-state index contributed by atoms with van der Waals surface area (Å²) >= 11 is 0. The van der Waals surface area contributed by atoms with E-state index in [4.69, 9.17) is 11.0 Å². The summed E-state index contributed by atoms with van der Waals surface area (Å²) in [6.07, 6.45) is 3.45. The SMILES string of the molecule is N#CCn1ccc(-c2cc(-c3ccc(F)cc3)ncc2CN)n1. The van der Waals surface area contributed by atoms with Crippen molar-refractivity contribution in [3.63, 3.8) is 0 Å². The Balaban J connectivity index is 2.05. The first-order chi connectivity index (χ1) is 11.2. The number of rotatable bonds is 4. The lowest BCUT2D eigenvalue weighted by Gasteiger charge is -2.08. The lowest BCUT2D eigenvalue weighted by Crippen LogP contribution is -2.02. The zero-order valence-corrected chi connectivity index (χ0v) is 12.3. The summed E-state index contributed by atoms with van der Waals surface area (Å²) in [7, 11) is 0. The highest BCUT2D eigenvalue weighted by atomic mass is 19.1. The molecule has 0 spiro atoms. The Labute approximate surface area is 132 Å². The van der Waals surface area contributed by atoms with Gasteiger partial charge in [0.25, 0.3) is 0 Å². The number of benzene rings is 1. The summed E-state index contributed by atoms with van der Waals surface area (Å²) in [6, 6.07) is 11.9. The van der Waals surface area contributed by atoms with E-state index < -0.39 is 0 Å². The molecule has 0 saturated heterocycles. The molecule has 0 aliphatic heterocycles. The van der Waals surface area contributed by atoms with Crippen molar-refractivity contribution in [3.05, 3.63) is 60.2 Å². The third-order valence-electron chi connectivity index (χ3n) is 3.50. The Morgan fingerprint density at radius 3 is 2.65 bits per heavy atom. The highest BCUT2D eigenvalue weighted by Gasteiger charge is 2.11. The molecule has 0 bridgehead atoms. The van der Waals surface area contributed by atoms with Gasteiger partial charge in [0.2, 0.25) is 0 Å². The fourth-order valence-corrected chi connectivity index (χ4v) is 2.33. The van der Waals surface area contributed by atoms with Crippen molar-refractivity contribution in [2.45, 2.75) is 13.1 Å². The molecule has 0 unspecified atom stereocenters. The average molecular weight is 307 g/mol. The van der Waals surface area contributed by atoms with Crippen LogP contribution in [0.15, 0.2) is 48.8 Å². The van der Waals surface area contributed by atoms with E-state index in [9.17, 15) is 4.39 Å². The predicted octanol–water partition coefficient (Wildman–Crippen LogP) is 2.73. The molecule has 23 heavy (non-hydrogen) atoms. The maximum absolute atomic E-state index is 13.1. The van der Waals surface area contributed by atoms with Crippen molar-refractivity contribution in [1.29, 1.82) is 5.26 Å². The van der Waals surface area contributed by atoms with Crippen LogP contribution in [0, 0.1) is 17.1 Å². The summed E-state index contributed by atoms with van der Waals surface area (Å²) in [5.74, 6) is -0.289. The Hall–Kier alpha value is -3.04. The van der Waals surface area contributed by atoms with Crippen LogP contribution in [0.4, 0.5) is 4.39 Å². The van der Waals surface area contributed by atoms with E-state index in [2.05, 4.69) is 10.1 Å². The van der Waals surface area contributed by atoms with E-state index in [1.54, 1.807) is 29.2 Å². The van der Waals surface area contributed by atoms with Gasteiger partial charge in [-0.05, 0) is 42.0 Å². The Morgan fingerprint density at radius 1 is 1.17 bits per heavy atom. The van der Waals surface area contributed by atoms with E-state index in [0.717, 1.165) is 22.4 Å². The number of nitrogens with two attached hydrogens (primary N) is 1.